The molecule has 84 valence electrons. The van der Waals surface area contributed by atoms with E-state index in [0.29, 0.717) is 18.8 Å². The SMILES string of the molecule is OCCCCOc1c(Cl)cc(O)cc1Cl. The highest BCUT2D eigenvalue weighted by atomic mass is 35.5. The molecule has 0 fully saturated rings. The summed E-state index contributed by atoms with van der Waals surface area (Å²) in [7, 11) is 0. The molecule has 1 rings (SSSR count). The van der Waals surface area contributed by atoms with Crippen molar-refractivity contribution in [3.63, 3.8) is 0 Å². The van der Waals surface area contributed by atoms with Gasteiger partial charge in [-0.05, 0) is 12.8 Å². The summed E-state index contributed by atoms with van der Waals surface area (Å²) in [6, 6.07) is 2.74. The van der Waals surface area contributed by atoms with Crippen molar-refractivity contribution < 1.29 is 14.9 Å². The van der Waals surface area contributed by atoms with Crippen molar-refractivity contribution in [3.8, 4) is 11.5 Å². The lowest BCUT2D eigenvalue weighted by molar-refractivity contribution is 0.253. The van der Waals surface area contributed by atoms with Gasteiger partial charge in [-0.15, -0.1) is 0 Å². The standard InChI is InChI=1S/C10H12Cl2O3/c11-8-5-7(14)6-9(12)10(8)15-4-2-1-3-13/h5-6,13-14H,1-4H2. The zero-order valence-corrected chi connectivity index (χ0v) is 9.55. The van der Waals surface area contributed by atoms with Gasteiger partial charge < -0.3 is 14.9 Å². The number of aliphatic hydroxyl groups excluding tert-OH is 1. The molecule has 0 aliphatic carbocycles. The molecule has 0 saturated heterocycles. The zero-order chi connectivity index (χ0) is 11.3. The number of hydrogen-bond donors (Lipinski definition) is 2. The average molecular weight is 251 g/mol. The maximum atomic E-state index is 9.17. The van der Waals surface area contributed by atoms with E-state index in [1.165, 1.54) is 12.1 Å². The van der Waals surface area contributed by atoms with E-state index in [1.807, 2.05) is 0 Å². The number of unbranched alkanes of at least 4 members (excludes halogenated alkanes) is 1. The highest BCUT2D eigenvalue weighted by molar-refractivity contribution is 6.37. The van der Waals surface area contributed by atoms with Crippen molar-refractivity contribution >= 4 is 23.2 Å². The average Bonchev–Trinajstić information content (AvgIpc) is 2.15. The number of hydrogen-bond acceptors (Lipinski definition) is 3. The minimum atomic E-state index is 0.00714. The van der Waals surface area contributed by atoms with Crippen molar-refractivity contribution in [1.29, 1.82) is 0 Å². The Morgan fingerprint density at radius 3 is 2.27 bits per heavy atom. The van der Waals surface area contributed by atoms with Crippen LogP contribution in [0.2, 0.25) is 10.0 Å². The van der Waals surface area contributed by atoms with Crippen LogP contribution in [0.25, 0.3) is 0 Å². The summed E-state index contributed by atoms with van der Waals surface area (Å²) in [4.78, 5) is 0. The first-order chi connectivity index (χ1) is 7.15. The monoisotopic (exact) mass is 250 g/mol. The molecule has 15 heavy (non-hydrogen) atoms. The van der Waals surface area contributed by atoms with Gasteiger partial charge >= 0.3 is 0 Å². The van der Waals surface area contributed by atoms with Gasteiger partial charge in [0, 0.05) is 18.7 Å². The van der Waals surface area contributed by atoms with Crippen LogP contribution in [0.5, 0.6) is 11.5 Å². The van der Waals surface area contributed by atoms with E-state index < -0.39 is 0 Å². The number of rotatable bonds is 5. The van der Waals surface area contributed by atoms with Crippen LogP contribution < -0.4 is 4.74 Å². The Hall–Kier alpha value is -0.640. The van der Waals surface area contributed by atoms with Gasteiger partial charge in [0.25, 0.3) is 0 Å². The Kier molecular flexibility index (Phi) is 5.02. The van der Waals surface area contributed by atoms with Gasteiger partial charge in [0.2, 0.25) is 0 Å². The number of phenolic OH excluding ortho intramolecular Hbond substituents is 1. The Morgan fingerprint density at radius 2 is 1.73 bits per heavy atom. The van der Waals surface area contributed by atoms with Crippen LogP contribution in [0, 0.1) is 0 Å². The first kappa shape index (κ1) is 12.4. The van der Waals surface area contributed by atoms with Gasteiger partial charge in [-0.25, -0.2) is 0 Å². The third kappa shape index (κ3) is 3.78. The molecule has 0 atom stereocenters. The number of aromatic hydroxyl groups is 1. The van der Waals surface area contributed by atoms with E-state index in [0.717, 1.165) is 6.42 Å². The predicted octanol–water partition coefficient (Wildman–Crippen LogP) is 2.85. The second-order valence-electron chi connectivity index (χ2n) is 3.02. The maximum Gasteiger partial charge on any atom is 0.156 e. The summed E-state index contributed by atoms with van der Waals surface area (Å²) in [5, 5.41) is 18.3. The van der Waals surface area contributed by atoms with Gasteiger partial charge in [-0.3, -0.25) is 0 Å². The Balaban J connectivity index is 2.60. The number of aliphatic hydroxyl groups is 1. The van der Waals surface area contributed by atoms with Crippen LogP contribution in [0.3, 0.4) is 0 Å². The minimum Gasteiger partial charge on any atom is -0.508 e. The molecule has 3 nitrogen and oxygen atoms in total. The minimum absolute atomic E-state index is 0.00714. The first-order valence-electron chi connectivity index (χ1n) is 4.57. The van der Waals surface area contributed by atoms with E-state index in [1.54, 1.807) is 0 Å². The van der Waals surface area contributed by atoms with Gasteiger partial charge in [0.15, 0.2) is 5.75 Å². The fraction of sp³-hybridized carbons (Fsp3) is 0.400. The molecule has 2 N–H and O–H groups in total. The van der Waals surface area contributed by atoms with Gasteiger partial charge in [0.05, 0.1) is 16.7 Å². The fourth-order valence-corrected chi connectivity index (χ4v) is 1.66. The molecule has 5 heteroatoms. The lowest BCUT2D eigenvalue weighted by Gasteiger charge is -2.09. The summed E-state index contributed by atoms with van der Waals surface area (Å²) < 4.78 is 5.34. The van der Waals surface area contributed by atoms with Crippen molar-refractivity contribution in [2.24, 2.45) is 0 Å². The maximum absolute atomic E-state index is 9.17. The molecule has 0 bridgehead atoms. The van der Waals surface area contributed by atoms with E-state index in [9.17, 15) is 5.11 Å². The smallest absolute Gasteiger partial charge is 0.156 e. The molecule has 0 saturated carbocycles. The fourth-order valence-electron chi connectivity index (χ4n) is 1.07. The molecule has 0 heterocycles. The van der Waals surface area contributed by atoms with E-state index in [2.05, 4.69) is 0 Å². The van der Waals surface area contributed by atoms with Crippen LogP contribution in [-0.4, -0.2) is 23.4 Å². The summed E-state index contributed by atoms with van der Waals surface area (Å²) in [5.74, 6) is 0.377. The molecular weight excluding hydrogens is 239 g/mol. The zero-order valence-electron chi connectivity index (χ0n) is 8.04. The number of benzene rings is 1. The third-order valence-corrected chi connectivity index (χ3v) is 2.34. The molecule has 1 aromatic rings. The predicted molar refractivity (Wildman–Crippen MR) is 59.9 cm³/mol. The summed E-state index contributed by atoms with van der Waals surface area (Å²) in [5.41, 5.74) is 0. The van der Waals surface area contributed by atoms with Crippen LogP contribution in [0.15, 0.2) is 12.1 Å². The number of halogens is 2. The third-order valence-electron chi connectivity index (χ3n) is 1.78. The van der Waals surface area contributed by atoms with Crippen LogP contribution in [0.1, 0.15) is 12.8 Å². The van der Waals surface area contributed by atoms with Gasteiger partial charge in [0.1, 0.15) is 5.75 Å². The van der Waals surface area contributed by atoms with Crippen LogP contribution in [0.4, 0.5) is 0 Å². The molecule has 0 aromatic heterocycles. The second kappa shape index (κ2) is 6.05. The molecule has 0 aliphatic rings. The van der Waals surface area contributed by atoms with Crippen molar-refractivity contribution in [3.05, 3.63) is 22.2 Å². The highest BCUT2D eigenvalue weighted by Gasteiger charge is 2.08. The lowest BCUT2D eigenvalue weighted by atomic mass is 10.3. The topological polar surface area (TPSA) is 49.7 Å². The van der Waals surface area contributed by atoms with Gasteiger partial charge in [-0.1, -0.05) is 23.2 Å². The first-order valence-corrected chi connectivity index (χ1v) is 5.32. The Labute approximate surface area is 98.2 Å². The molecule has 0 spiro atoms. The molecule has 0 aliphatic heterocycles. The second-order valence-corrected chi connectivity index (χ2v) is 3.83. The summed E-state index contributed by atoms with van der Waals surface area (Å²) in [6.45, 7) is 0.575. The summed E-state index contributed by atoms with van der Waals surface area (Å²) >= 11 is 11.7. The molecule has 0 unspecified atom stereocenters. The molecular formula is C10H12Cl2O3. The highest BCUT2D eigenvalue weighted by Crippen LogP contribution is 2.36. The van der Waals surface area contributed by atoms with E-state index in [4.69, 9.17) is 33.0 Å². The normalized spacial score (nSPS) is 10.3. The summed E-state index contributed by atoms with van der Waals surface area (Å²) in [6.07, 6.45) is 1.40. The Morgan fingerprint density at radius 1 is 1.13 bits per heavy atom. The van der Waals surface area contributed by atoms with Crippen molar-refractivity contribution in [2.45, 2.75) is 12.8 Å². The van der Waals surface area contributed by atoms with E-state index in [-0.39, 0.29) is 22.4 Å². The molecule has 0 amide bonds. The molecule has 0 radical (unpaired) electrons. The number of phenols is 1. The van der Waals surface area contributed by atoms with Crippen LogP contribution in [-0.2, 0) is 0 Å². The van der Waals surface area contributed by atoms with E-state index >= 15 is 0 Å². The van der Waals surface area contributed by atoms with Crippen LogP contribution >= 0.6 is 23.2 Å². The van der Waals surface area contributed by atoms with Crippen molar-refractivity contribution in [1.82, 2.24) is 0 Å². The quantitative estimate of drug-likeness (QED) is 0.791. The van der Waals surface area contributed by atoms with Gasteiger partial charge in [-0.2, -0.15) is 0 Å². The largest absolute Gasteiger partial charge is 0.508 e. The van der Waals surface area contributed by atoms with Crippen molar-refractivity contribution in [2.75, 3.05) is 13.2 Å². The lowest BCUT2D eigenvalue weighted by Crippen LogP contribution is -1.99. The Bertz CT molecular complexity index is 305. The number of ether oxygens (including phenoxy) is 1. The molecule has 1 aromatic carbocycles.